The normalized spacial score (nSPS) is 21.5. The number of benzene rings is 1. The van der Waals surface area contributed by atoms with E-state index in [1.807, 2.05) is 0 Å². The molecule has 0 heterocycles. The Morgan fingerprint density at radius 2 is 1.61 bits per heavy atom. The molecule has 2 unspecified atom stereocenters. The molecule has 4 N–H and O–H groups in total. The number of nitrogens with one attached hydrogen (secondary N) is 3. The molecule has 8 nitrogen and oxygen atoms in total. The number of carboxylic acids is 1. The second kappa shape index (κ2) is 8.60. The van der Waals surface area contributed by atoms with Crippen LogP contribution in [0.15, 0.2) is 18.2 Å². The van der Waals surface area contributed by atoms with Gasteiger partial charge < -0.3 is 10.4 Å². The molecule has 3 rings (SSSR count). The zero-order chi connectivity index (χ0) is 20.3. The standard InChI is InChI=1S/C19H22ClN3O5/c20-14-9-11(7-8-15(14)21-16(24)10-5-6-10)17(25)22-23-18(26)12-3-1-2-4-13(12)19(27)28/h7-10,12-13H,1-6H2,(H,21,24)(H,22,25)(H,23,26)(H,27,28). The Balaban J connectivity index is 1.56. The summed E-state index contributed by atoms with van der Waals surface area (Å²) in [7, 11) is 0. The Morgan fingerprint density at radius 1 is 0.929 bits per heavy atom. The lowest BCUT2D eigenvalue weighted by atomic mass is 9.79. The van der Waals surface area contributed by atoms with Crippen molar-refractivity contribution in [2.24, 2.45) is 17.8 Å². The van der Waals surface area contributed by atoms with Gasteiger partial charge in [-0.05, 0) is 43.9 Å². The summed E-state index contributed by atoms with van der Waals surface area (Å²) in [6.07, 6.45) is 4.21. The lowest BCUT2D eigenvalue weighted by molar-refractivity contribution is -0.149. The van der Waals surface area contributed by atoms with Crippen LogP contribution in [-0.4, -0.2) is 28.8 Å². The van der Waals surface area contributed by atoms with E-state index >= 15 is 0 Å². The smallest absolute Gasteiger partial charge is 0.307 e. The second-order valence-electron chi connectivity index (χ2n) is 7.24. The van der Waals surface area contributed by atoms with Crippen molar-refractivity contribution in [1.29, 1.82) is 0 Å². The number of carbonyl (C=O) groups excluding carboxylic acids is 3. The molecule has 0 bridgehead atoms. The summed E-state index contributed by atoms with van der Waals surface area (Å²) in [5.74, 6) is -3.57. The lowest BCUT2D eigenvalue weighted by Crippen LogP contribution is -2.47. The summed E-state index contributed by atoms with van der Waals surface area (Å²) in [4.78, 5) is 47.7. The van der Waals surface area contributed by atoms with Crippen molar-refractivity contribution in [2.45, 2.75) is 38.5 Å². The van der Waals surface area contributed by atoms with Gasteiger partial charge in [-0.15, -0.1) is 0 Å². The molecule has 1 aromatic carbocycles. The van der Waals surface area contributed by atoms with Crippen molar-refractivity contribution in [3.63, 3.8) is 0 Å². The number of halogens is 1. The molecule has 3 amide bonds. The highest BCUT2D eigenvalue weighted by Crippen LogP contribution is 2.32. The first-order chi connectivity index (χ1) is 13.4. The number of hydrogen-bond acceptors (Lipinski definition) is 4. The highest BCUT2D eigenvalue weighted by Gasteiger charge is 2.36. The molecule has 0 spiro atoms. The first-order valence-electron chi connectivity index (χ1n) is 9.30. The number of hydrogen-bond donors (Lipinski definition) is 4. The number of aliphatic carboxylic acids is 1. The number of rotatable bonds is 5. The van der Waals surface area contributed by atoms with Gasteiger partial charge in [0.15, 0.2) is 0 Å². The maximum absolute atomic E-state index is 12.3. The van der Waals surface area contributed by atoms with Crippen LogP contribution in [0.2, 0.25) is 5.02 Å². The monoisotopic (exact) mass is 407 g/mol. The number of anilines is 1. The maximum atomic E-state index is 12.3. The van der Waals surface area contributed by atoms with Crippen molar-refractivity contribution in [1.82, 2.24) is 10.9 Å². The van der Waals surface area contributed by atoms with Crippen LogP contribution in [0.3, 0.4) is 0 Å². The van der Waals surface area contributed by atoms with Crippen molar-refractivity contribution in [3.05, 3.63) is 28.8 Å². The van der Waals surface area contributed by atoms with E-state index in [0.717, 1.165) is 25.7 Å². The Kier molecular flexibility index (Phi) is 6.18. The molecule has 0 aliphatic heterocycles. The fraction of sp³-hybridized carbons (Fsp3) is 0.474. The van der Waals surface area contributed by atoms with E-state index in [2.05, 4.69) is 16.2 Å². The minimum Gasteiger partial charge on any atom is -0.481 e. The van der Waals surface area contributed by atoms with Gasteiger partial charge in [0, 0.05) is 11.5 Å². The third-order valence-electron chi connectivity index (χ3n) is 5.16. The van der Waals surface area contributed by atoms with Crippen LogP contribution in [-0.2, 0) is 14.4 Å². The number of carboxylic acid groups (broad SMARTS) is 1. The first kappa shape index (κ1) is 20.1. The average molecular weight is 408 g/mol. The summed E-state index contributed by atoms with van der Waals surface area (Å²) in [6, 6.07) is 4.41. The Morgan fingerprint density at radius 3 is 2.21 bits per heavy atom. The third-order valence-corrected chi connectivity index (χ3v) is 5.47. The van der Waals surface area contributed by atoms with Gasteiger partial charge in [-0.3, -0.25) is 30.0 Å². The SMILES string of the molecule is O=C(NNC(=O)C1CCCCC1C(=O)O)c1ccc(NC(=O)C2CC2)c(Cl)c1. The summed E-state index contributed by atoms with van der Waals surface area (Å²) >= 11 is 6.13. The largest absolute Gasteiger partial charge is 0.481 e. The van der Waals surface area contributed by atoms with Crippen LogP contribution < -0.4 is 16.2 Å². The molecule has 2 aliphatic carbocycles. The quantitative estimate of drug-likeness (QED) is 0.557. The van der Waals surface area contributed by atoms with E-state index in [-0.39, 0.29) is 22.4 Å². The third kappa shape index (κ3) is 4.81. The van der Waals surface area contributed by atoms with Gasteiger partial charge >= 0.3 is 5.97 Å². The average Bonchev–Trinajstić information content (AvgIpc) is 3.52. The van der Waals surface area contributed by atoms with Gasteiger partial charge in [0.1, 0.15) is 0 Å². The molecule has 2 aliphatic rings. The summed E-state index contributed by atoms with van der Waals surface area (Å²) in [5, 5.41) is 12.2. The molecular formula is C19H22ClN3O5. The van der Waals surface area contributed by atoms with E-state index in [0.29, 0.717) is 18.5 Å². The van der Waals surface area contributed by atoms with Crippen LogP contribution in [0.1, 0.15) is 48.9 Å². The Bertz CT molecular complexity index is 809. The molecular weight excluding hydrogens is 386 g/mol. The predicted molar refractivity (Wildman–Crippen MR) is 101 cm³/mol. The van der Waals surface area contributed by atoms with E-state index < -0.39 is 29.6 Å². The molecule has 150 valence electrons. The molecule has 0 radical (unpaired) electrons. The highest BCUT2D eigenvalue weighted by molar-refractivity contribution is 6.34. The Hall–Kier alpha value is -2.61. The van der Waals surface area contributed by atoms with Gasteiger partial charge in [-0.1, -0.05) is 24.4 Å². The molecule has 2 fully saturated rings. The van der Waals surface area contributed by atoms with Crippen LogP contribution in [0.5, 0.6) is 0 Å². The van der Waals surface area contributed by atoms with Crippen molar-refractivity contribution in [3.8, 4) is 0 Å². The van der Waals surface area contributed by atoms with Crippen molar-refractivity contribution >= 4 is 41.0 Å². The van der Waals surface area contributed by atoms with Crippen LogP contribution in [0, 0.1) is 17.8 Å². The highest BCUT2D eigenvalue weighted by atomic mass is 35.5. The number of hydrazine groups is 1. The summed E-state index contributed by atoms with van der Waals surface area (Å²) in [6.45, 7) is 0. The minimum absolute atomic E-state index is 0.0312. The van der Waals surface area contributed by atoms with Crippen LogP contribution in [0.4, 0.5) is 5.69 Å². The molecule has 0 saturated heterocycles. The van der Waals surface area contributed by atoms with Crippen molar-refractivity contribution in [2.75, 3.05) is 5.32 Å². The summed E-state index contributed by atoms with van der Waals surface area (Å²) in [5.41, 5.74) is 5.23. The minimum atomic E-state index is -0.998. The van der Waals surface area contributed by atoms with E-state index in [4.69, 9.17) is 11.6 Å². The predicted octanol–water partition coefficient (Wildman–Crippen LogP) is 2.34. The molecule has 0 aromatic heterocycles. The molecule has 28 heavy (non-hydrogen) atoms. The van der Waals surface area contributed by atoms with Crippen LogP contribution in [0.25, 0.3) is 0 Å². The van der Waals surface area contributed by atoms with E-state index in [1.165, 1.54) is 18.2 Å². The topological polar surface area (TPSA) is 125 Å². The fourth-order valence-electron chi connectivity index (χ4n) is 3.36. The number of carbonyl (C=O) groups is 4. The molecule has 9 heteroatoms. The number of amides is 3. The van der Waals surface area contributed by atoms with Crippen molar-refractivity contribution < 1.29 is 24.3 Å². The zero-order valence-corrected chi connectivity index (χ0v) is 15.9. The zero-order valence-electron chi connectivity index (χ0n) is 15.2. The van der Waals surface area contributed by atoms with Gasteiger partial charge in [0.25, 0.3) is 5.91 Å². The van der Waals surface area contributed by atoms with E-state index in [1.54, 1.807) is 0 Å². The molecule has 1 aromatic rings. The summed E-state index contributed by atoms with van der Waals surface area (Å²) < 4.78 is 0. The van der Waals surface area contributed by atoms with Gasteiger partial charge in [-0.2, -0.15) is 0 Å². The maximum Gasteiger partial charge on any atom is 0.307 e. The van der Waals surface area contributed by atoms with Gasteiger partial charge in [0.05, 0.1) is 22.5 Å². The fourth-order valence-corrected chi connectivity index (χ4v) is 3.59. The second-order valence-corrected chi connectivity index (χ2v) is 7.64. The van der Waals surface area contributed by atoms with E-state index in [9.17, 15) is 24.3 Å². The lowest BCUT2D eigenvalue weighted by Gasteiger charge is -2.27. The first-order valence-corrected chi connectivity index (χ1v) is 9.68. The van der Waals surface area contributed by atoms with Crippen LogP contribution >= 0.6 is 11.6 Å². The van der Waals surface area contributed by atoms with Gasteiger partial charge in [-0.25, -0.2) is 0 Å². The Labute approximate surface area is 167 Å². The molecule has 2 saturated carbocycles. The molecule has 2 atom stereocenters. The van der Waals surface area contributed by atoms with Gasteiger partial charge in [0.2, 0.25) is 11.8 Å².